The van der Waals surface area contributed by atoms with E-state index in [4.69, 9.17) is 9.47 Å². The molecule has 0 saturated carbocycles. The van der Waals surface area contributed by atoms with Crippen LogP contribution in [0.3, 0.4) is 0 Å². The summed E-state index contributed by atoms with van der Waals surface area (Å²) in [4.78, 5) is 14.7. The topological polar surface area (TPSA) is 72.9 Å². The molecule has 1 saturated heterocycles. The molecule has 0 radical (unpaired) electrons. The molecule has 0 aromatic heterocycles. The van der Waals surface area contributed by atoms with Crippen molar-refractivity contribution in [3.05, 3.63) is 18.2 Å². The van der Waals surface area contributed by atoms with Gasteiger partial charge in [-0.25, -0.2) is 8.42 Å². The monoisotopic (exact) mass is 357 g/mol. The predicted molar refractivity (Wildman–Crippen MR) is 88.0 cm³/mol. The van der Waals surface area contributed by atoms with Crippen molar-refractivity contribution >= 4 is 27.5 Å². The smallest absolute Gasteiger partial charge is 0.232 e. The highest BCUT2D eigenvalue weighted by atomic mass is 32.2. The highest BCUT2D eigenvalue weighted by Crippen LogP contribution is 2.34. The van der Waals surface area contributed by atoms with Crippen LogP contribution >= 0.6 is 11.8 Å². The summed E-state index contributed by atoms with van der Waals surface area (Å²) in [5.74, 6) is 1.87. The van der Waals surface area contributed by atoms with E-state index in [1.54, 1.807) is 11.9 Å². The molecule has 8 heteroatoms. The third-order valence-electron chi connectivity index (χ3n) is 4.03. The molecule has 2 aliphatic rings. The Bertz CT molecular complexity index is 704. The maximum absolute atomic E-state index is 12.3. The first kappa shape index (κ1) is 16.4. The number of hydrogen-bond acceptors (Lipinski definition) is 6. The summed E-state index contributed by atoms with van der Waals surface area (Å²) in [6, 6.07) is 5.40. The van der Waals surface area contributed by atoms with Gasteiger partial charge in [-0.1, -0.05) is 0 Å². The number of carbonyl (C=O) groups excluding carboxylic acids is 1. The molecule has 1 aromatic rings. The SMILES string of the molecule is CN(C(=O)CSc1ccc2c(c1)OCCO2)[C@@H]1CCS(=O)(=O)C1. The lowest BCUT2D eigenvalue weighted by atomic mass is 10.2. The van der Waals surface area contributed by atoms with E-state index in [-0.39, 0.29) is 29.2 Å². The summed E-state index contributed by atoms with van der Waals surface area (Å²) < 4.78 is 34.0. The molecule has 1 amide bonds. The van der Waals surface area contributed by atoms with Crippen molar-refractivity contribution < 1.29 is 22.7 Å². The van der Waals surface area contributed by atoms with Crippen LogP contribution in [0.1, 0.15) is 6.42 Å². The summed E-state index contributed by atoms with van der Waals surface area (Å²) in [6.45, 7) is 1.08. The molecule has 1 atom stereocenters. The number of benzene rings is 1. The third kappa shape index (κ3) is 3.92. The molecule has 0 bridgehead atoms. The Balaban J connectivity index is 1.56. The van der Waals surface area contributed by atoms with Gasteiger partial charge in [0.05, 0.1) is 17.3 Å². The van der Waals surface area contributed by atoms with E-state index in [2.05, 4.69) is 0 Å². The van der Waals surface area contributed by atoms with Gasteiger partial charge in [0.15, 0.2) is 21.3 Å². The fourth-order valence-corrected chi connectivity index (χ4v) is 5.27. The van der Waals surface area contributed by atoms with Crippen molar-refractivity contribution in [1.82, 2.24) is 4.90 Å². The minimum absolute atomic E-state index is 0.0630. The van der Waals surface area contributed by atoms with Crippen LogP contribution in [0, 0.1) is 0 Å². The molecule has 1 aromatic carbocycles. The lowest BCUT2D eigenvalue weighted by Gasteiger charge is -2.23. The normalized spacial score (nSPS) is 21.9. The fourth-order valence-electron chi connectivity index (χ4n) is 2.64. The zero-order valence-electron chi connectivity index (χ0n) is 12.9. The molecule has 0 unspecified atom stereocenters. The first-order chi connectivity index (χ1) is 10.9. The molecular formula is C15H19NO5S2. The Morgan fingerprint density at radius 1 is 1.30 bits per heavy atom. The zero-order valence-corrected chi connectivity index (χ0v) is 14.5. The van der Waals surface area contributed by atoms with Crippen molar-refractivity contribution in [3.8, 4) is 11.5 Å². The van der Waals surface area contributed by atoms with Gasteiger partial charge in [-0.2, -0.15) is 0 Å². The average Bonchev–Trinajstić information content (AvgIpc) is 2.91. The Hall–Kier alpha value is -1.41. The average molecular weight is 357 g/mol. The largest absolute Gasteiger partial charge is 0.486 e. The van der Waals surface area contributed by atoms with Gasteiger partial charge < -0.3 is 14.4 Å². The molecular weight excluding hydrogens is 338 g/mol. The Labute approximate surface area is 140 Å². The molecule has 23 heavy (non-hydrogen) atoms. The van der Waals surface area contributed by atoms with Crippen molar-refractivity contribution in [1.29, 1.82) is 0 Å². The minimum atomic E-state index is -2.98. The molecule has 0 aliphatic carbocycles. The molecule has 2 aliphatic heterocycles. The maximum atomic E-state index is 12.3. The Morgan fingerprint density at radius 2 is 2.04 bits per heavy atom. The van der Waals surface area contributed by atoms with Crippen LogP contribution in [0.5, 0.6) is 11.5 Å². The first-order valence-electron chi connectivity index (χ1n) is 7.43. The summed E-state index contributed by atoms with van der Waals surface area (Å²) in [5.41, 5.74) is 0. The van der Waals surface area contributed by atoms with E-state index >= 15 is 0 Å². The van der Waals surface area contributed by atoms with Crippen molar-refractivity contribution in [2.24, 2.45) is 0 Å². The summed E-state index contributed by atoms with van der Waals surface area (Å²) in [5, 5.41) is 0. The third-order valence-corrected chi connectivity index (χ3v) is 6.75. The molecule has 1 fully saturated rings. The Kier molecular flexibility index (Phi) is 4.72. The van der Waals surface area contributed by atoms with E-state index in [1.165, 1.54) is 11.8 Å². The summed E-state index contributed by atoms with van der Waals surface area (Å²) in [6.07, 6.45) is 0.527. The van der Waals surface area contributed by atoms with E-state index in [1.807, 2.05) is 18.2 Å². The number of thioether (sulfide) groups is 1. The van der Waals surface area contributed by atoms with E-state index in [0.29, 0.717) is 25.4 Å². The lowest BCUT2D eigenvalue weighted by Crippen LogP contribution is -2.38. The van der Waals surface area contributed by atoms with Gasteiger partial charge in [0.25, 0.3) is 0 Å². The summed E-state index contributed by atoms with van der Waals surface area (Å²) in [7, 11) is -1.30. The predicted octanol–water partition coefficient (Wildman–Crippen LogP) is 1.20. The number of amides is 1. The summed E-state index contributed by atoms with van der Waals surface area (Å²) >= 11 is 1.41. The second kappa shape index (κ2) is 6.60. The van der Waals surface area contributed by atoms with Crippen LogP contribution in [0.4, 0.5) is 0 Å². The second-order valence-corrected chi connectivity index (χ2v) is 8.93. The molecule has 126 valence electrons. The van der Waals surface area contributed by atoms with Crippen molar-refractivity contribution in [2.75, 3.05) is 37.5 Å². The number of carbonyl (C=O) groups is 1. The van der Waals surface area contributed by atoms with Crippen LogP contribution in [0.25, 0.3) is 0 Å². The van der Waals surface area contributed by atoms with Crippen molar-refractivity contribution in [3.63, 3.8) is 0 Å². The molecule has 2 heterocycles. The Morgan fingerprint density at radius 3 is 2.74 bits per heavy atom. The van der Waals surface area contributed by atoms with E-state index in [0.717, 1.165) is 10.6 Å². The zero-order chi connectivity index (χ0) is 16.4. The van der Waals surface area contributed by atoms with Gasteiger partial charge in [-0.3, -0.25) is 4.79 Å². The number of fused-ring (bicyclic) bond motifs is 1. The van der Waals surface area contributed by atoms with Crippen molar-refractivity contribution in [2.45, 2.75) is 17.4 Å². The molecule has 6 nitrogen and oxygen atoms in total. The molecule has 3 rings (SSSR count). The van der Waals surface area contributed by atoms with Gasteiger partial charge in [-0.05, 0) is 24.6 Å². The van der Waals surface area contributed by atoms with Crippen LogP contribution in [-0.2, 0) is 14.6 Å². The first-order valence-corrected chi connectivity index (χ1v) is 10.2. The fraction of sp³-hybridized carbons (Fsp3) is 0.533. The van der Waals surface area contributed by atoms with Crippen LogP contribution in [-0.4, -0.2) is 62.8 Å². The van der Waals surface area contributed by atoms with Gasteiger partial charge in [-0.15, -0.1) is 11.8 Å². The second-order valence-electron chi connectivity index (χ2n) is 5.66. The van der Waals surface area contributed by atoms with E-state index < -0.39 is 9.84 Å². The van der Waals surface area contributed by atoms with Gasteiger partial charge in [0.1, 0.15) is 13.2 Å². The van der Waals surface area contributed by atoms with Gasteiger partial charge >= 0.3 is 0 Å². The maximum Gasteiger partial charge on any atom is 0.232 e. The number of rotatable bonds is 4. The van der Waals surface area contributed by atoms with E-state index in [9.17, 15) is 13.2 Å². The van der Waals surface area contributed by atoms with Crippen LogP contribution < -0.4 is 9.47 Å². The van der Waals surface area contributed by atoms with Gasteiger partial charge in [0, 0.05) is 18.0 Å². The number of nitrogens with zero attached hydrogens (tertiary/aromatic N) is 1. The quantitative estimate of drug-likeness (QED) is 0.754. The minimum Gasteiger partial charge on any atom is -0.486 e. The highest BCUT2D eigenvalue weighted by Gasteiger charge is 2.32. The lowest BCUT2D eigenvalue weighted by molar-refractivity contribution is -0.128. The number of sulfone groups is 1. The highest BCUT2D eigenvalue weighted by molar-refractivity contribution is 8.00. The van der Waals surface area contributed by atoms with Gasteiger partial charge in [0.2, 0.25) is 5.91 Å². The number of hydrogen-bond donors (Lipinski definition) is 0. The molecule has 0 N–H and O–H groups in total. The molecule has 0 spiro atoms. The standard InChI is InChI=1S/C15H19NO5S2/c1-16(11-4-7-23(18,19)10-11)15(17)9-22-12-2-3-13-14(8-12)21-6-5-20-13/h2-3,8,11H,4-7,9-10H2,1H3/t11-/m1/s1. The van der Waals surface area contributed by atoms with Crippen LogP contribution in [0.15, 0.2) is 23.1 Å². The number of ether oxygens (including phenoxy) is 2. The van der Waals surface area contributed by atoms with Crippen LogP contribution in [0.2, 0.25) is 0 Å².